The van der Waals surface area contributed by atoms with E-state index in [-0.39, 0.29) is 11.8 Å². The van der Waals surface area contributed by atoms with Crippen molar-refractivity contribution in [3.05, 3.63) is 30.0 Å². The zero-order chi connectivity index (χ0) is 14.5. The molecule has 0 unspecified atom stereocenters. The molecule has 6 heteroatoms. The van der Waals surface area contributed by atoms with Gasteiger partial charge in [0, 0.05) is 37.0 Å². The van der Waals surface area contributed by atoms with Gasteiger partial charge in [-0.3, -0.25) is 9.59 Å². The first-order valence-electron chi connectivity index (χ1n) is 6.29. The highest BCUT2D eigenvalue weighted by molar-refractivity contribution is 5.98. The summed E-state index contributed by atoms with van der Waals surface area (Å²) in [4.78, 5) is 25.7. The Bertz CT molecular complexity index is 634. The molecule has 0 fully saturated rings. The number of hydrogen-bond donors (Lipinski definition) is 3. The molecule has 1 heterocycles. The van der Waals surface area contributed by atoms with Crippen molar-refractivity contribution in [1.82, 2.24) is 15.6 Å². The first-order valence-corrected chi connectivity index (χ1v) is 6.29. The molecule has 20 heavy (non-hydrogen) atoms. The van der Waals surface area contributed by atoms with Crippen LogP contribution in [-0.4, -0.2) is 37.0 Å². The van der Waals surface area contributed by atoms with Crippen LogP contribution in [0.3, 0.4) is 0 Å². The monoisotopic (exact) mass is 275 g/mol. The van der Waals surface area contributed by atoms with Gasteiger partial charge in [0.05, 0.1) is 7.11 Å². The van der Waals surface area contributed by atoms with Crippen LogP contribution in [0.15, 0.2) is 24.3 Å². The van der Waals surface area contributed by atoms with Gasteiger partial charge in [-0.1, -0.05) is 0 Å². The minimum Gasteiger partial charge on any atom is -0.497 e. The molecular formula is C14H17N3O3. The summed E-state index contributed by atoms with van der Waals surface area (Å²) in [5.74, 6) is 0.416. The molecule has 1 aromatic heterocycles. The van der Waals surface area contributed by atoms with E-state index in [0.717, 1.165) is 16.7 Å². The van der Waals surface area contributed by atoms with Crippen molar-refractivity contribution >= 4 is 22.7 Å². The fourth-order valence-corrected chi connectivity index (χ4v) is 1.87. The Balaban J connectivity index is 2.01. The van der Waals surface area contributed by atoms with Crippen LogP contribution in [0.5, 0.6) is 5.75 Å². The third kappa shape index (κ3) is 3.28. The molecule has 2 amide bonds. The predicted octanol–water partition coefficient (Wildman–Crippen LogP) is 1.04. The number of methoxy groups -OCH3 is 1. The standard InChI is InChI=1S/C14H17N3O3/c1-9(18)15-5-6-16-14(19)13-7-10-3-4-11(20-2)8-12(10)17-13/h3-4,7-8,17H,5-6H2,1-2H3,(H,15,18)(H,16,19). The Morgan fingerprint density at radius 1 is 1.20 bits per heavy atom. The number of H-pyrrole nitrogens is 1. The summed E-state index contributed by atoms with van der Waals surface area (Å²) in [6.45, 7) is 2.24. The quantitative estimate of drug-likeness (QED) is 0.713. The molecule has 2 aromatic rings. The Kier molecular flexibility index (Phi) is 4.24. The van der Waals surface area contributed by atoms with Crippen LogP contribution >= 0.6 is 0 Å². The normalized spacial score (nSPS) is 10.3. The number of ether oxygens (including phenoxy) is 1. The smallest absolute Gasteiger partial charge is 0.267 e. The summed E-state index contributed by atoms with van der Waals surface area (Å²) in [6.07, 6.45) is 0. The largest absolute Gasteiger partial charge is 0.497 e. The van der Waals surface area contributed by atoms with Gasteiger partial charge in [-0.15, -0.1) is 0 Å². The van der Waals surface area contributed by atoms with Crippen molar-refractivity contribution in [1.29, 1.82) is 0 Å². The number of carbonyl (C=O) groups is 2. The molecule has 3 N–H and O–H groups in total. The van der Waals surface area contributed by atoms with Crippen LogP contribution in [0.2, 0.25) is 0 Å². The topological polar surface area (TPSA) is 83.2 Å². The summed E-state index contributed by atoms with van der Waals surface area (Å²) in [6, 6.07) is 7.35. The fourth-order valence-electron chi connectivity index (χ4n) is 1.87. The van der Waals surface area contributed by atoms with Gasteiger partial charge in [0.1, 0.15) is 11.4 Å². The average Bonchev–Trinajstić information content (AvgIpc) is 2.85. The van der Waals surface area contributed by atoms with Crippen molar-refractivity contribution in [2.24, 2.45) is 0 Å². The lowest BCUT2D eigenvalue weighted by Crippen LogP contribution is -2.33. The summed E-state index contributed by atoms with van der Waals surface area (Å²) >= 11 is 0. The molecule has 1 aromatic carbocycles. The molecule has 0 atom stereocenters. The van der Waals surface area contributed by atoms with E-state index >= 15 is 0 Å². The number of aromatic amines is 1. The number of amides is 2. The number of aromatic nitrogens is 1. The van der Waals surface area contributed by atoms with Crippen molar-refractivity contribution in [2.75, 3.05) is 20.2 Å². The maximum absolute atomic E-state index is 11.9. The Labute approximate surface area is 116 Å². The van der Waals surface area contributed by atoms with Crippen LogP contribution in [0.1, 0.15) is 17.4 Å². The number of fused-ring (bicyclic) bond motifs is 1. The van der Waals surface area contributed by atoms with E-state index in [4.69, 9.17) is 4.74 Å². The third-order valence-corrected chi connectivity index (χ3v) is 2.86. The first kappa shape index (κ1) is 13.9. The molecule has 106 valence electrons. The second-order valence-corrected chi connectivity index (χ2v) is 4.38. The zero-order valence-corrected chi connectivity index (χ0v) is 11.4. The maximum atomic E-state index is 11.9. The van der Waals surface area contributed by atoms with Gasteiger partial charge in [0.15, 0.2) is 0 Å². The summed E-state index contributed by atoms with van der Waals surface area (Å²) in [5, 5.41) is 6.28. The van der Waals surface area contributed by atoms with Gasteiger partial charge in [-0.05, 0) is 18.2 Å². The lowest BCUT2D eigenvalue weighted by Gasteiger charge is -2.03. The molecule has 0 saturated carbocycles. The molecule has 0 radical (unpaired) electrons. The zero-order valence-electron chi connectivity index (χ0n) is 11.4. The lowest BCUT2D eigenvalue weighted by molar-refractivity contribution is -0.118. The Hall–Kier alpha value is -2.50. The second-order valence-electron chi connectivity index (χ2n) is 4.38. The highest BCUT2D eigenvalue weighted by Crippen LogP contribution is 2.21. The molecule has 0 saturated heterocycles. The molecule has 0 bridgehead atoms. The molecule has 0 aliphatic carbocycles. The van der Waals surface area contributed by atoms with Gasteiger partial charge in [-0.25, -0.2) is 0 Å². The Morgan fingerprint density at radius 3 is 2.65 bits per heavy atom. The predicted molar refractivity (Wildman–Crippen MR) is 75.9 cm³/mol. The van der Waals surface area contributed by atoms with Crippen molar-refractivity contribution in [2.45, 2.75) is 6.92 Å². The summed E-state index contributed by atoms with van der Waals surface area (Å²) in [5.41, 5.74) is 1.33. The SMILES string of the molecule is COc1ccc2cc(C(=O)NCCNC(C)=O)[nH]c2c1. The number of carbonyl (C=O) groups excluding carboxylic acids is 2. The number of benzene rings is 1. The van der Waals surface area contributed by atoms with E-state index in [0.29, 0.717) is 18.8 Å². The fraction of sp³-hybridized carbons (Fsp3) is 0.286. The van der Waals surface area contributed by atoms with Gasteiger partial charge in [-0.2, -0.15) is 0 Å². The van der Waals surface area contributed by atoms with Crippen molar-refractivity contribution in [3.63, 3.8) is 0 Å². The summed E-state index contributed by atoms with van der Waals surface area (Å²) in [7, 11) is 1.60. The van der Waals surface area contributed by atoms with Gasteiger partial charge in [0.25, 0.3) is 5.91 Å². The maximum Gasteiger partial charge on any atom is 0.267 e. The van der Waals surface area contributed by atoms with Crippen LogP contribution in [0, 0.1) is 0 Å². The summed E-state index contributed by atoms with van der Waals surface area (Å²) < 4.78 is 5.13. The highest BCUT2D eigenvalue weighted by atomic mass is 16.5. The second kappa shape index (κ2) is 6.10. The van der Waals surface area contributed by atoms with E-state index in [2.05, 4.69) is 15.6 Å². The third-order valence-electron chi connectivity index (χ3n) is 2.86. The molecule has 2 rings (SSSR count). The van der Waals surface area contributed by atoms with E-state index in [1.54, 1.807) is 13.2 Å². The van der Waals surface area contributed by atoms with Crippen LogP contribution < -0.4 is 15.4 Å². The first-order chi connectivity index (χ1) is 9.60. The number of nitrogens with one attached hydrogen (secondary N) is 3. The average molecular weight is 275 g/mol. The van der Waals surface area contributed by atoms with Gasteiger partial charge >= 0.3 is 0 Å². The Morgan fingerprint density at radius 2 is 1.95 bits per heavy atom. The lowest BCUT2D eigenvalue weighted by atomic mass is 10.2. The van der Waals surface area contributed by atoms with E-state index in [1.165, 1.54) is 6.92 Å². The van der Waals surface area contributed by atoms with Crippen LogP contribution in [-0.2, 0) is 4.79 Å². The molecule has 0 spiro atoms. The van der Waals surface area contributed by atoms with Crippen molar-refractivity contribution in [3.8, 4) is 5.75 Å². The van der Waals surface area contributed by atoms with Crippen LogP contribution in [0.4, 0.5) is 0 Å². The molecule has 0 aliphatic heterocycles. The minimum absolute atomic E-state index is 0.114. The van der Waals surface area contributed by atoms with Gasteiger partial charge in [0.2, 0.25) is 5.91 Å². The minimum atomic E-state index is -0.203. The van der Waals surface area contributed by atoms with Crippen molar-refractivity contribution < 1.29 is 14.3 Å². The number of rotatable bonds is 5. The van der Waals surface area contributed by atoms with E-state index in [1.807, 2.05) is 18.2 Å². The van der Waals surface area contributed by atoms with Gasteiger partial charge < -0.3 is 20.4 Å². The highest BCUT2D eigenvalue weighted by Gasteiger charge is 2.09. The molecular weight excluding hydrogens is 258 g/mol. The number of hydrogen-bond acceptors (Lipinski definition) is 3. The van der Waals surface area contributed by atoms with E-state index in [9.17, 15) is 9.59 Å². The molecule has 6 nitrogen and oxygen atoms in total. The van der Waals surface area contributed by atoms with Crippen LogP contribution in [0.25, 0.3) is 10.9 Å². The van der Waals surface area contributed by atoms with E-state index < -0.39 is 0 Å². The molecule has 0 aliphatic rings.